The maximum Gasteiger partial charge on any atom is 0.200 e. The lowest BCUT2D eigenvalue weighted by atomic mass is 10.2. The summed E-state index contributed by atoms with van der Waals surface area (Å²) in [6, 6.07) is 8.81. The Balaban J connectivity index is 2.01. The Morgan fingerprint density at radius 1 is 1.04 bits per heavy atom. The standard InChI is InChI=1S/C18H21Cl2N3O3/c1-21-18(23-10-12-4-5-13(19)8-14(12)20)22-9-11-6-15(25-2)17(24)16(7-11)26-3/h4-8,24H,9-10H2,1-3H3,(H2,21,22,23). The van der Waals surface area contributed by atoms with Crippen molar-refractivity contribution in [3.05, 3.63) is 51.5 Å². The summed E-state index contributed by atoms with van der Waals surface area (Å²) in [5.74, 6) is 1.26. The molecule has 0 saturated carbocycles. The van der Waals surface area contributed by atoms with Crippen molar-refractivity contribution in [3.8, 4) is 17.2 Å². The third-order valence-corrected chi connectivity index (χ3v) is 4.27. The smallest absolute Gasteiger partial charge is 0.200 e. The summed E-state index contributed by atoms with van der Waals surface area (Å²) < 4.78 is 10.3. The van der Waals surface area contributed by atoms with Crippen LogP contribution in [0.15, 0.2) is 35.3 Å². The number of nitrogens with one attached hydrogen (secondary N) is 2. The highest BCUT2D eigenvalue weighted by Gasteiger charge is 2.11. The summed E-state index contributed by atoms with van der Waals surface area (Å²) in [5, 5.41) is 17.5. The van der Waals surface area contributed by atoms with Crippen LogP contribution in [0, 0.1) is 0 Å². The number of aliphatic imine (C=N–C) groups is 1. The minimum Gasteiger partial charge on any atom is -0.502 e. The maximum absolute atomic E-state index is 9.96. The number of benzene rings is 2. The van der Waals surface area contributed by atoms with Crippen LogP contribution < -0.4 is 20.1 Å². The number of aromatic hydroxyl groups is 1. The minimum atomic E-state index is -0.0290. The van der Waals surface area contributed by atoms with Gasteiger partial charge < -0.3 is 25.2 Å². The zero-order valence-corrected chi connectivity index (χ0v) is 16.3. The van der Waals surface area contributed by atoms with Crippen LogP contribution in [0.2, 0.25) is 10.0 Å². The molecule has 2 rings (SSSR count). The quantitative estimate of drug-likeness (QED) is 0.512. The van der Waals surface area contributed by atoms with Crippen LogP contribution in [0.25, 0.3) is 0 Å². The summed E-state index contributed by atoms with van der Waals surface area (Å²) in [7, 11) is 4.65. The number of rotatable bonds is 6. The van der Waals surface area contributed by atoms with E-state index in [1.165, 1.54) is 14.2 Å². The van der Waals surface area contributed by atoms with Gasteiger partial charge in [0.2, 0.25) is 5.75 Å². The van der Waals surface area contributed by atoms with Gasteiger partial charge in [0.05, 0.1) is 14.2 Å². The minimum absolute atomic E-state index is 0.0290. The first-order valence-corrected chi connectivity index (χ1v) is 8.56. The van der Waals surface area contributed by atoms with E-state index < -0.39 is 0 Å². The highest BCUT2D eigenvalue weighted by molar-refractivity contribution is 6.35. The van der Waals surface area contributed by atoms with Gasteiger partial charge in [-0.05, 0) is 35.4 Å². The molecule has 2 aromatic rings. The van der Waals surface area contributed by atoms with E-state index in [2.05, 4.69) is 15.6 Å². The number of guanidine groups is 1. The molecule has 3 N–H and O–H groups in total. The Bertz CT molecular complexity index is 772. The van der Waals surface area contributed by atoms with Gasteiger partial charge in [-0.15, -0.1) is 0 Å². The van der Waals surface area contributed by atoms with Gasteiger partial charge in [0.1, 0.15) is 0 Å². The van der Waals surface area contributed by atoms with E-state index in [0.29, 0.717) is 40.6 Å². The fraction of sp³-hybridized carbons (Fsp3) is 0.278. The highest BCUT2D eigenvalue weighted by Crippen LogP contribution is 2.37. The zero-order chi connectivity index (χ0) is 19.1. The summed E-state index contributed by atoms with van der Waals surface area (Å²) in [5.41, 5.74) is 1.77. The normalized spacial score (nSPS) is 11.2. The van der Waals surface area contributed by atoms with Crippen molar-refractivity contribution in [1.29, 1.82) is 0 Å². The van der Waals surface area contributed by atoms with Gasteiger partial charge in [-0.2, -0.15) is 0 Å². The molecule has 0 heterocycles. The predicted molar refractivity (Wildman–Crippen MR) is 105 cm³/mol. The molecule has 0 aromatic heterocycles. The second-order valence-electron chi connectivity index (χ2n) is 5.36. The van der Waals surface area contributed by atoms with Crippen LogP contribution in [0.5, 0.6) is 17.2 Å². The third kappa shape index (κ3) is 5.09. The van der Waals surface area contributed by atoms with Gasteiger partial charge in [0.25, 0.3) is 0 Å². The Hall–Kier alpha value is -2.31. The number of halogens is 2. The van der Waals surface area contributed by atoms with Crippen molar-refractivity contribution in [2.75, 3.05) is 21.3 Å². The lowest BCUT2D eigenvalue weighted by molar-refractivity contribution is 0.339. The first-order valence-electron chi connectivity index (χ1n) is 7.80. The molecule has 0 spiro atoms. The Morgan fingerprint density at radius 3 is 2.19 bits per heavy atom. The number of phenols is 1. The van der Waals surface area contributed by atoms with Crippen LogP contribution >= 0.6 is 23.2 Å². The highest BCUT2D eigenvalue weighted by atomic mass is 35.5. The van der Waals surface area contributed by atoms with Gasteiger partial charge in [-0.25, -0.2) is 0 Å². The molecule has 0 aliphatic carbocycles. The van der Waals surface area contributed by atoms with Gasteiger partial charge in [-0.3, -0.25) is 4.99 Å². The lowest BCUT2D eigenvalue weighted by Gasteiger charge is -2.15. The third-order valence-electron chi connectivity index (χ3n) is 3.68. The molecule has 0 aliphatic rings. The van der Waals surface area contributed by atoms with Crippen LogP contribution in [-0.2, 0) is 13.1 Å². The summed E-state index contributed by atoms with van der Waals surface area (Å²) in [6.07, 6.45) is 0. The lowest BCUT2D eigenvalue weighted by Crippen LogP contribution is -2.36. The summed E-state index contributed by atoms with van der Waals surface area (Å²) in [4.78, 5) is 4.18. The van der Waals surface area contributed by atoms with Gasteiger partial charge >= 0.3 is 0 Å². The Labute approximate surface area is 162 Å². The molecule has 0 unspecified atom stereocenters. The van der Waals surface area contributed by atoms with Crippen molar-refractivity contribution >= 4 is 29.2 Å². The topological polar surface area (TPSA) is 75.1 Å². The molecule has 0 saturated heterocycles. The predicted octanol–water partition coefficient (Wildman–Crippen LogP) is 3.58. The molecule has 0 aliphatic heterocycles. The number of phenolic OH excluding ortho intramolecular Hbond substituents is 1. The molecular weight excluding hydrogens is 377 g/mol. The van der Waals surface area contributed by atoms with E-state index in [-0.39, 0.29) is 5.75 Å². The molecule has 2 aromatic carbocycles. The van der Waals surface area contributed by atoms with Crippen molar-refractivity contribution in [2.45, 2.75) is 13.1 Å². The molecule has 26 heavy (non-hydrogen) atoms. The van der Waals surface area contributed by atoms with Gasteiger partial charge in [0, 0.05) is 30.2 Å². The zero-order valence-electron chi connectivity index (χ0n) is 14.8. The van der Waals surface area contributed by atoms with Gasteiger partial charge in [-0.1, -0.05) is 29.3 Å². The maximum atomic E-state index is 9.96. The molecule has 0 fully saturated rings. The van der Waals surface area contributed by atoms with Crippen LogP contribution in [0.1, 0.15) is 11.1 Å². The largest absolute Gasteiger partial charge is 0.502 e. The first kappa shape index (κ1) is 20.0. The van der Waals surface area contributed by atoms with Crippen molar-refractivity contribution in [2.24, 2.45) is 4.99 Å². The van der Waals surface area contributed by atoms with E-state index in [9.17, 15) is 5.11 Å². The first-order chi connectivity index (χ1) is 12.5. The van der Waals surface area contributed by atoms with E-state index in [0.717, 1.165) is 11.1 Å². The second kappa shape index (κ2) is 9.40. The number of ether oxygens (including phenoxy) is 2. The van der Waals surface area contributed by atoms with Crippen LogP contribution in [0.3, 0.4) is 0 Å². The summed E-state index contributed by atoms with van der Waals surface area (Å²) >= 11 is 12.1. The molecule has 6 nitrogen and oxygen atoms in total. The molecular formula is C18H21Cl2N3O3. The molecule has 0 atom stereocenters. The Morgan fingerprint density at radius 2 is 1.65 bits per heavy atom. The molecule has 140 valence electrons. The number of hydrogen-bond donors (Lipinski definition) is 3. The van der Waals surface area contributed by atoms with Crippen molar-refractivity contribution < 1.29 is 14.6 Å². The van der Waals surface area contributed by atoms with Gasteiger partial charge in [0.15, 0.2) is 17.5 Å². The fourth-order valence-corrected chi connectivity index (χ4v) is 2.78. The number of methoxy groups -OCH3 is 2. The average molecular weight is 398 g/mol. The SMILES string of the molecule is CN=C(NCc1cc(OC)c(O)c(OC)c1)NCc1ccc(Cl)cc1Cl. The van der Waals surface area contributed by atoms with E-state index in [4.69, 9.17) is 32.7 Å². The summed E-state index contributed by atoms with van der Waals surface area (Å²) in [6.45, 7) is 0.957. The molecule has 0 amide bonds. The van der Waals surface area contributed by atoms with Crippen LogP contribution in [0.4, 0.5) is 0 Å². The Kier molecular flexibility index (Phi) is 7.24. The van der Waals surface area contributed by atoms with Crippen LogP contribution in [-0.4, -0.2) is 32.3 Å². The van der Waals surface area contributed by atoms with E-state index in [1.807, 2.05) is 6.07 Å². The van der Waals surface area contributed by atoms with Crippen molar-refractivity contribution in [3.63, 3.8) is 0 Å². The monoisotopic (exact) mass is 397 g/mol. The fourth-order valence-electron chi connectivity index (χ4n) is 2.30. The average Bonchev–Trinajstić information content (AvgIpc) is 2.64. The number of hydrogen-bond acceptors (Lipinski definition) is 4. The van der Waals surface area contributed by atoms with E-state index in [1.54, 1.807) is 31.3 Å². The number of nitrogens with zero attached hydrogens (tertiary/aromatic N) is 1. The van der Waals surface area contributed by atoms with Crippen molar-refractivity contribution in [1.82, 2.24) is 10.6 Å². The molecule has 8 heteroatoms. The molecule has 0 radical (unpaired) electrons. The second-order valence-corrected chi connectivity index (χ2v) is 6.21. The van der Waals surface area contributed by atoms with E-state index >= 15 is 0 Å². The molecule has 0 bridgehead atoms.